The van der Waals surface area contributed by atoms with Crippen LogP contribution in [0.25, 0.3) is 0 Å². The Balaban J connectivity index is 3.26. The zero-order chi connectivity index (χ0) is 12.3. The number of hydrogen-bond acceptors (Lipinski definition) is 3. The van der Waals surface area contributed by atoms with Gasteiger partial charge >= 0.3 is 0 Å². The van der Waals surface area contributed by atoms with Gasteiger partial charge in [-0.3, -0.25) is 4.79 Å². The second kappa shape index (κ2) is 5.41. The van der Waals surface area contributed by atoms with Crippen molar-refractivity contribution in [1.82, 2.24) is 0 Å². The van der Waals surface area contributed by atoms with Crippen LogP contribution in [0.4, 0.5) is 0 Å². The third-order valence-electron chi connectivity index (χ3n) is 2.03. The van der Waals surface area contributed by atoms with Crippen LogP contribution in [-0.2, 0) is 4.79 Å². The molecule has 0 heterocycles. The first-order valence-corrected chi connectivity index (χ1v) is 5.59. The summed E-state index contributed by atoms with van der Waals surface area (Å²) in [7, 11) is 3.03. The van der Waals surface area contributed by atoms with Crippen LogP contribution in [0.2, 0.25) is 0 Å². The number of carbonyl (C=O) groups excluding carboxylic acids is 1. The average molecular weight is 309 g/mol. The lowest BCUT2D eigenvalue weighted by Crippen LogP contribution is -2.17. The number of nitrogens with two attached hydrogens (primary N) is 1. The van der Waals surface area contributed by atoms with Crippen LogP contribution in [0.1, 0.15) is 10.9 Å². The highest BCUT2D eigenvalue weighted by Crippen LogP contribution is 2.37. The number of carbonyl (C=O) groups is 1. The first-order chi connectivity index (χ1) is 7.51. The number of hydrogen-bond donors (Lipinski definition) is 1. The summed E-state index contributed by atoms with van der Waals surface area (Å²) in [5.74, 6) is 0.425. The maximum Gasteiger partial charge on any atom is 0.240 e. The molecule has 0 bridgehead atoms. The number of ether oxygens (including phenoxy) is 2. The SMILES string of the molecule is COc1cc(Br)c(C(Cl)C(N)=O)cc1OC. The van der Waals surface area contributed by atoms with Crippen molar-refractivity contribution in [2.45, 2.75) is 5.38 Å². The molecule has 1 amide bonds. The van der Waals surface area contributed by atoms with Gasteiger partial charge in [0, 0.05) is 4.47 Å². The predicted molar refractivity (Wildman–Crippen MR) is 65.0 cm³/mol. The Morgan fingerprint density at radius 2 is 1.88 bits per heavy atom. The van der Waals surface area contributed by atoms with Crippen LogP contribution < -0.4 is 15.2 Å². The van der Waals surface area contributed by atoms with Crippen LogP contribution in [0.5, 0.6) is 11.5 Å². The summed E-state index contributed by atoms with van der Waals surface area (Å²) in [6.45, 7) is 0. The Labute approximate surface area is 107 Å². The topological polar surface area (TPSA) is 61.5 Å². The van der Waals surface area contributed by atoms with E-state index in [1.165, 1.54) is 14.2 Å². The van der Waals surface area contributed by atoms with E-state index in [-0.39, 0.29) is 0 Å². The first kappa shape index (κ1) is 13.1. The van der Waals surface area contributed by atoms with E-state index >= 15 is 0 Å². The maximum atomic E-state index is 11.0. The van der Waals surface area contributed by atoms with Gasteiger partial charge in [-0.05, 0) is 17.7 Å². The fourth-order valence-corrected chi connectivity index (χ4v) is 2.08. The van der Waals surface area contributed by atoms with E-state index in [4.69, 9.17) is 26.8 Å². The molecule has 0 spiro atoms. The van der Waals surface area contributed by atoms with E-state index in [0.29, 0.717) is 21.5 Å². The van der Waals surface area contributed by atoms with Crippen molar-refractivity contribution in [2.24, 2.45) is 5.73 Å². The third kappa shape index (κ3) is 2.59. The van der Waals surface area contributed by atoms with E-state index in [1.54, 1.807) is 12.1 Å². The standard InChI is InChI=1S/C10H11BrClNO3/c1-15-7-3-5(9(12)10(13)14)6(11)4-8(7)16-2/h3-4,9H,1-2H3,(H2,13,14). The molecule has 6 heteroatoms. The highest BCUT2D eigenvalue weighted by Gasteiger charge is 2.20. The van der Waals surface area contributed by atoms with Crippen molar-refractivity contribution < 1.29 is 14.3 Å². The molecule has 0 aliphatic rings. The molecular weight excluding hydrogens is 297 g/mol. The molecule has 0 aromatic heterocycles. The number of methoxy groups -OCH3 is 2. The molecule has 1 unspecified atom stereocenters. The van der Waals surface area contributed by atoms with Gasteiger partial charge < -0.3 is 15.2 Å². The average Bonchev–Trinajstić information content (AvgIpc) is 2.27. The monoisotopic (exact) mass is 307 g/mol. The van der Waals surface area contributed by atoms with Crippen LogP contribution in [-0.4, -0.2) is 20.1 Å². The first-order valence-electron chi connectivity index (χ1n) is 4.36. The summed E-state index contributed by atoms with van der Waals surface area (Å²) in [5.41, 5.74) is 5.68. The van der Waals surface area contributed by atoms with E-state index < -0.39 is 11.3 Å². The van der Waals surface area contributed by atoms with Crippen molar-refractivity contribution >= 4 is 33.4 Å². The van der Waals surface area contributed by atoms with E-state index in [0.717, 1.165) is 0 Å². The summed E-state index contributed by atoms with van der Waals surface area (Å²) in [6, 6.07) is 3.29. The van der Waals surface area contributed by atoms with Crippen molar-refractivity contribution in [1.29, 1.82) is 0 Å². The maximum absolute atomic E-state index is 11.0. The molecule has 0 aliphatic heterocycles. The minimum absolute atomic E-state index is 0.493. The number of amides is 1. The molecule has 88 valence electrons. The lowest BCUT2D eigenvalue weighted by atomic mass is 10.1. The van der Waals surface area contributed by atoms with Crippen LogP contribution >= 0.6 is 27.5 Å². The van der Waals surface area contributed by atoms with E-state index in [1.807, 2.05) is 0 Å². The Morgan fingerprint density at radius 1 is 1.38 bits per heavy atom. The Morgan fingerprint density at radius 3 is 2.31 bits per heavy atom. The molecule has 2 N–H and O–H groups in total. The summed E-state index contributed by atoms with van der Waals surface area (Å²) < 4.78 is 10.8. The lowest BCUT2D eigenvalue weighted by Gasteiger charge is -2.13. The molecule has 0 saturated carbocycles. The van der Waals surface area contributed by atoms with Gasteiger partial charge in [-0.25, -0.2) is 0 Å². The van der Waals surface area contributed by atoms with Gasteiger partial charge in [0.2, 0.25) is 5.91 Å². The fourth-order valence-electron chi connectivity index (χ4n) is 1.22. The fraction of sp³-hybridized carbons (Fsp3) is 0.300. The highest BCUT2D eigenvalue weighted by atomic mass is 79.9. The molecule has 1 aromatic carbocycles. The number of benzene rings is 1. The van der Waals surface area contributed by atoms with Gasteiger partial charge in [0.1, 0.15) is 5.38 Å². The normalized spacial score (nSPS) is 12.0. The van der Waals surface area contributed by atoms with Gasteiger partial charge in [0.25, 0.3) is 0 Å². The predicted octanol–water partition coefficient (Wildman–Crippen LogP) is 2.23. The van der Waals surface area contributed by atoms with Gasteiger partial charge in [-0.15, -0.1) is 11.6 Å². The zero-order valence-corrected chi connectivity index (χ0v) is 11.1. The summed E-state index contributed by atoms with van der Waals surface area (Å²) in [4.78, 5) is 11.0. The molecule has 1 rings (SSSR count). The minimum Gasteiger partial charge on any atom is -0.493 e. The molecule has 16 heavy (non-hydrogen) atoms. The number of alkyl halides is 1. The summed E-state index contributed by atoms with van der Waals surface area (Å²) in [5, 5.41) is -0.908. The van der Waals surface area contributed by atoms with Crippen LogP contribution in [0.15, 0.2) is 16.6 Å². The van der Waals surface area contributed by atoms with Crippen LogP contribution in [0.3, 0.4) is 0 Å². The van der Waals surface area contributed by atoms with E-state index in [9.17, 15) is 4.79 Å². The van der Waals surface area contributed by atoms with E-state index in [2.05, 4.69) is 15.9 Å². The van der Waals surface area contributed by atoms with Gasteiger partial charge in [0.15, 0.2) is 11.5 Å². The Bertz CT molecular complexity index is 411. The second-order valence-corrected chi connectivity index (χ2v) is 4.28. The van der Waals surface area contributed by atoms with Gasteiger partial charge in [0.05, 0.1) is 14.2 Å². The molecular formula is C10H11BrClNO3. The minimum atomic E-state index is -0.908. The lowest BCUT2D eigenvalue weighted by molar-refractivity contribution is -0.117. The molecule has 0 fully saturated rings. The molecule has 1 aromatic rings. The molecule has 0 radical (unpaired) electrons. The van der Waals surface area contributed by atoms with Gasteiger partial charge in [-0.1, -0.05) is 15.9 Å². The highest BCUT2D eigenvalue weighted by molar-refractivity contribution is 9.10. The van der Waals surface area contributed by atoms with Crippen LogP contribution in [0, 0.1) is 0 Å². The number of primary amides is 1. The van der Waals surface area contributed by atoms with Crippen molar-refractivity contribution in [3.05, 3.63) is 22.2 Å². The quantitative estimate of drug-likeness (QED) is 0.868. The van der Waals surface area contributed by atoms with Crippen molar-refractivity contribution in [3.8, 4) is 11.5 Å². The summed E-state index contributed by atoms with van der Waals surface area (Å²) in [6.07, 6.45) is 0. The van der Waals surface area contributed by atoms with Crippen molar-refractivity contribution in [3.63, 3.8) is 0 Å². The zero-order valence-electron chi connectivity index (χ0n) is 8.79. The Hall–Kier alpha value is -0.940. The smallest absolute Gasteiger partial charge is 0.240 e. The molecule has 1 atom stereocenters. The summed E-state index contributed by atoms with van der Waals surface area (Å²) >= 11 is 9.16. The largest absolute Gasteiger partial charge is 0.493 e. The molecule has 4 nitrogen and oxygen atoms in total. The number of rotatable bonds is 4. The number of halogens is 2. The second-order valence-electron chi connectivity index (χ2n) is 2.99. The third-order valence-corrected chi connectivity index (χ3v) is 3.16. The molecule has 0 saturated heterocycles. The van der Waals surface area contributed by atoms with Gasteiger partial charge in [-0.2, -0.15) is 0 Å². The molecule has 0 aliphatic carbocycles. The van der Waals surface area contributed by atoms with Crippen molar-refractivity contribution in [2.75, 3.05) is 14.2 Å². The Kier molecular flexibility index (Phi) is 4.44.